The third kappa shape index (κ3) is 3.13. The van der Waals surface area contributed by atoms with E-state index in [2.05, 4.69) is 31.9 Å². The average molecular weight is 421 g/mol. The molecule has 1 unspecified atom stereocenters. The van der Waals surface area contributed by atoms with Crippen molar-refractivity contribution in [1.29, 1.82) is 0 Å². The summed E-state index contributed by atoms with van der Waals surface area (Å²) in [4.78, 5) is 14.6. The molecule has 0 saturated carbocycles. The average Bonchev–Trinajstić information content (AvgIpc) is 2.77. The van der Waals surface area contributed by atoms with Gasteiger partial charge in [-0.25, -0.2) is 4.39 Å². The second kappa shape index (κ2) is 6.37. The number of thiophene rings is 1. The molecule has 1 atom stereocenters. The van der Waals surface area contributed by atoms with Gasteiger partial charge in [-0.05, 0) is 50.9 Å². The van der Waals surface area contributed by atoms with Crippen LogP contribution in [0.1, 0.15) is 28.2 Å². The Balaban J connectivity index is 2.24. The van der Waals surface area contributed by atoms with Crippen molar-refractivity contribution in [3.63, 3.8) is 0 Å². The Bertz CT molecular complexity index is 624. The smallest absolute Gasteiger partial charge is 0.264 e. The highest BCUT2D eigenvalue weighted by molar-refractivity contribution is 9.13. The minimum Gasteiger partial charge on any atom is -0.334 e. The second-order valence-corrected chi connectivity index (χ2v) is 7.57. The highest BCUT2D eigenvalue weighted by Crippen LogP contribution is 2.34. The SMILES string of the molecule is CC(c1ccccc1F)N(C)C(=O)c1cc(Br)c(Br)s1. The molecule has 0 aliphatic carbocycles. The zero-order valence-corrected chi connectivity index (χ0v) is 14.9. The summed E-state index contributed by atoms with van der Waals surface area (Å²) in [6.07, 6.45) is 0. The van der Waals surface area contributed by atoms with Crippen LogP contribution in [0.15, 0.2) is 38.6 Å². The summed E-state index contributed by atoms with van der Waals surface area (Å²) in [5.41, 5.74) is 0.512. The lowest BCUT2D eigenvalue weighted by molar-refractivity contribution is 0.0745. The van der Waals surface area contributed by atoms with Gasteiger partial charge in [0.15, 0.2) is 0 Å². The van der Waals surface area contributed by atoms with Gasteiger partial charge in [-0.1, -0.05) is 18.2 Å². The number of rotatable bonds is 3. The first kappa shape index (κ1) is 15.7. The standard InChI is InChI=1S/C14H12Br2FNOS/c1-8(9-5-3-4-6-11(9)17)18(2)14(19)12-7-10(15)13(16)20-12/h3-8H,1-2H3. The Morgan fingerprint density at radius 3 is 2.55 bits per heavy atom. The van der Waals surface area contributed by atoms with Gasteiger partial charge in [-0.3, -0.25) is 4.79 Å². The maximum atomic E-state index is 13.8. The number of halogens is 3. The van der Waals surface area contributed by atoms with Crippen molar-refractivity contribution >= 4 is 49.1 Å². The van der Waals surface area contributed by atoms with Gasteiger partial charge in [0.1, 0.15) is 5.82 Å². The van der Waals surface area contributed by atoms with Crippen LogP contribution in [0.5, 0.6) is 0 Å². The number of amides is 1. The van der Waals surface area contributed by atoms with Crippen molar-refractivity contribution in [3.8, 4) is 0 Å². The van der Waals surface area contributed by atoms with Crippen molar-refractivity contribution in [2.24, 2.45) is 0 Å². The van der Waals surface area contributed by atoms with Crippen LogP contribution in [0.4, 0.5) is 4.39 Å². The number of hydrogen-bond acceptors (Lipinski definition) is 2. The van der Waals surface area contributed by atoms with Gasteiger partial charge < -0.3 is 4.90 Å². The van der Waals surface area contributed by atoms with Gasteiger partial charge in [0.2, 0.25) is 0 Å². The molecule has 0 aliphatic heterocycles. The quantitative estimate of drug-likeness (QED) is 0.664. The Morgan fingerprint density at radius 2 is 2.00 bits per heavy atom. The van der Waals surface area contributed by atoms with Gasteiger partial charge in [-0.15, -0.1) is 11.3 Å². The van der Waals surface area contributed by atoms with E-state index >= 15 is 0 Å². The van der Waals surface area contributed by atoms with Crippen molar-refractivity contribution in [1.82, 2.24) is 4.90 Å². The van der Waals surface area contributed by atoms with Crippen LogP contribution in [0.2, 0.25) is 0 Å². The number of nitrogens with zero attached hydrogens (tertiary/aromatic N) is 1. The molecule has 0 aliphatic rings. The fourth-order valence-electron chi connectivity index (χ4n) is 1.82. The van der Waals surface area contributed by atoms with Gasteiger partial charge in [0, 0.05) is 17.1 Å². The molecule has 0 fully saturated rings. The van der Waals surface area contributed by atoms with Crippen LogP contribution in [-0.4, -0.2) is 17.9 Å². The molecule has 2 aromatic rings. The first-order valence-corrected chi connectivity index (χ1v) is 8.28. The van der Waals surface area contributed by atoms with Gasteiger partial charge in [0.25, 0.3) is 5.91 Å². The van der Waals surface area contributed by atoms with Crippen LogP contribution in [0.3, 0.4) is 0 Å². The summed E-state index contributed by atoms with van der Waals surface area (Å²) in [6, 6.07) is 7.95. The molecule has 0 spiro atoms. The van der Waals surface area contributed by atoms with E-state index in [1.54, 1.807) is 36.2 Å². The topological polar surface area (TPSA) is 20.3 Å². The van der Waals surface area contributed by atoms with Crippen molar-refractivity contribution in [2.75, 3.05) is 7.05 Å². The molecule has 0 saturated heterocycles. The molecule has 2 rings (SSSR count). The van der Waals surface area contributed by atoms with Crippen LogP contribution in [0.25, 0.3) is 0 Å². The molecule has 2 nitrogen and oxygen atoms in total. The Hall–Kier alpha value is -0.720. The van der Waals surface area contributed by atoms with E-state index in [4.69, 9.17) is 0 Å². The zero-order chi connectivity index (χ0) is 14.9. The minimum atomic E-state index is -0.330. The lowest BCUT2D eigenvalue weighted by Crippen LogP contribution is -2.29. The summed E-state index contributed by atoms with van der Waals surface area (Å²) in [5, 5.41) is 0. The summed E-state index contributed by atoms with van der Waals surface area (Å²) in [5.74, 6) is -0.426. The fraction of sp³-hybridized carbons (Fsp3) is 0.214. The van der Waals surface area contributed by atoms with E-state index in [-0.39, 0.29) is 17.8 Å². The van der Waals surface area contributed by atoms with Crippen molar-refractivity contribution in [3.05, 3.63) is 54.8 Å². The number of carbonyl (C=O) groups excluding carboxylic acids is 1. The lowest BCUT2D eigenvalue weighted by Gasteiger charge is -2.25. The van der Waals surface area contributed by atoms with Crippen molar-refractivity contribution in [2.45, 2.75) is 13.0 Å². The largest absolute Gasteiger partial charge is 0.334 e. The fourth-order valence-corrected chi connectivity index (χ4v) is 3.84. The second-order valence-electron chi connectivity index (χ2n) is 4.35. The Labute approximate surface area is 137 Å². The molecule has 1 amide bonds. The van der Waals surface area contributed by atoms with Crippen LogP contribution < -0.4 is 0 Å². The van der Waals surface area contributed by atoms with E-state index in [1.807, 2.05) is 6.92 Å². The van der Waals surface area contributed by atoms with E-state index < -0.39 is 0 Å². The molecule has 0 radical (unpaired) electrons. The first-order chi connectivity index (χ1) is 9.41. The minimum absolute atomic E-state index is 0.128. The maximum Gasteiger partial charge on any atom is 0.264 e. The summed E-state index contributed by atoms with van der Waals surface area (Å²) >= 11 is 8.08. The van der Waals surface area contributed by atoms with Gasteiger partial charge in [-0.2, -0.15) is 0 Å². The molecule has 1 aromatic heterocycles. The molecule has 1 heterocycles. The predicted octanol–water partition coefficient (Wildman–Crippen LogP) is 5.25. The summed E-state index contributed by atoms with van der Waals surface area (Å²) in [7, 11) is 1.68. The third-order valence-electron chi connectivity index (χ3n) is 3.11. The summed E-state index contributed by atoms with van der Waals surface area (Å²) < 4.78 is 15.5. The van der Waals surface area contributed by atoms with Crippen LogP contribution in [-0.2, 0) is 0 Å². The van der Waals surface area contributed by atoms with E-state index in [1.165, 1.54) is 17.4 Å². The van der Waals surface area contributed by atoms with E-state index in [0.717, 1.165) is 8.26 Å². The van der Waals surface area contributed by atoms with Crippen LogP contribution >= 0.6 is 43.2 Å². The third-order valence-corrected chi connectivity index (χ3v) is 6.36. The highest BCUT2D eigenvalue weighted by atomic mass is 79.9. The summed E-state index contributed by atoms with van der Waals surface area (Å²) in [6.45, 7) is 1.81. The van der Waals surface area contributed by atoms with E-state index in [9.17, 15) is 9.18 Å². The maximum absolute atomic E-state index is 13.8. The Kier molecular flexibility index (Phi) is 4.99. The molecular formula is C14H12Br2FNOS. The molecule has 0 N–H and O–H groups in total. The van der Waals surface area contributed by atoms with E-state index in [0.29, 0.717) is 10.4 Å². The molecule has 20 heavy (non-hydrogen) atoms. The monoisotopic (exact) mass is 419 g/mol. The van der Waals surface area contributed by atoms with Crippen molar-refractivity contribution < 1.29 is 9.18 Å². The van der Waals surface area contributed by atoms with Gasteiger partial charge >= 0.3 is 0 Å². The molecule has 6 heteroatoms. The number of hydrogen-bond donors (Lipinski definition) is 0. The zero-order valence-electron chi connectivity index (χ0n) is 10.9. The number of carbonyl (C=O) groups is 1. The predicted molar refractivity (Wildman–Crippen MR) is 86.6 cm³/mol. The Morgan fingerprint density at radius 1 is 1.35 bits per heavy atom. The highest BCUT2D eigenvalue weighted by Gasteiger charge is 2.23. The molecule has 106 valence electrons. The molecule has 1 aromatic carbocycles. The molecular weight excluding hydrogens is 409 g/mol. The first-order valence-electron chi connectivity index (χ1n) is 5.88. The van der Waals surface area contributed by atoms with Gasteiger partial charge in [0.05, 0.1) is 14.7 Å². The normalized spacial score (nSPS) is 12.2. The molecule has 0 bridgehead atoms. The van der Waals surface area contributed by atoms with Crippen LogP contribution in [0, 0.1) is 5.82 Å². The number of benzene rings is 1. The lowest BCUT2D eigenvalue weighted by atomic mass is 10.1.